The van der Waals surface area contributed by atoms with Crippen LogP contribution in [0.1, 0.15) is 28.0 Å². The van der Waals surface area contributed by atoms with E-state index in [4.69, 9.17) is 16.3 Å². The van der Waals surface area contributed by atoms with E-state index in [1.54, 1.807) is 7.11 Å². The number of H-pyrrole nitrogens is 1. The average molecular weight is 306 g/mol. The minimum Gasteiger partial charge on any atom is -0.497 e. The van der Waals surface area contributed by atoms with Crippen molar-refractivity contribution in [3.8, 4) is 5.75 Å². The molecule has 0 aliphatic heterocycles. The van der Waals surface area contributed by atoms with Gasteiger partial charge in [-0.05, 0) is 42.5 Å². The van der Waals surface area contributed by atoms with E-state index in [1.807, 2.05) is 12.1 Å². The first kappa shape index (κ1) is 13.9. The van der Waals surface area contributed by atoms with Gasteiger partial charge in [0.2, 0.25) is 0 Å². The number of aryl methyl sites for hydroxylation is 1. The molecule has 110 valence electrons. The van der Waals surface area contributed by atoms with E-state index in [0.29, 0.717) is 10.7 Å². The first-order valence-electron chi connectivity index (χ1n) is 6.83. The lowest BCUT2D eigenvalue weighted by Gasteiger charge is -2.25. The van der Waals surface area contributed by atoms with Gasteiger partial charge >= 0.3 is 0 Å². The second-order valence-electron chi connectivity index (χ2n) is 5.14. The Bertz CT molecular complexity index is 669. The molecule has 2 aromatic rings. The lowest BCUT2D eigenvalue weighted by Crippen LogP contribution is -2.39. The SMILES string of the molecule is COc1ccc2c(c1)CC(NC(=O)c1[nH]ncc1Cl)CC2. The molecule has 0 saturated carbocycles. The van der Waals surface area contributed by atoms with Gasteiger partial charge in [-0.25, -0.2) is 0 Å². The normalized spacial score (nSPS) is 17.1. The molecule has 0 fully saturated rings. The van der Waals surface area contributed by atoms with Crippen molar-refractivity contribution in [1.82, 2.24) is 15.5 Å². The van der Waals surface area contributed by atoms with E-state index in [0.717, 1.165) is 25.0 Å². The van der Waals surface area contributed by atoms with Crippen LogP contribution in [0.15, 0.2) is 24.4 Å². The van der Waals surface area contributed by atoms with Crippen LogP contribution in [0.5, 0.6) is 5.75 Å². The van der Waals surface area contributed by atoms with Crippen molar-refractivity contribution in [3.05, 3.63) is 46.2 Å². The van der Waals surface area contributed by atoms with Crippen LogP contribution in [-0.2, 0) is 12.8 Å². The zero-order valence-electron chi connectivity index (χ0n) is 11.6. The van der Waals surface area contributed by atoms with Crippen LogP contribution in [0.2, 0.25) is 5.02 Å². The summed E-state index contributed by atoms with van der Waals surface area (Å²) in [5, 5.41) is 9.72. The van der Waals surface area contributed by atoms with Gasteiger partial charge in [0, 0.05) is 6.04 Å². The topological polar surface area (TPSA) is 67.0 Å². The number of amides is 1. The molecule has 0 spiro atoms. The van der Waals surface area contributed by atoms with E-state index in [9.17, 15) is 4.79 Å². The fourth-order valence-electron chi connectivity index (χ4n) is 2.67. The Morgan fingerprint density at radius 3 is 3.05 bits per heavy atom. The molecule has 1 aliphatic rings. The number of benzene rings is 1. The average Bonchev–Trinajstić information content (AvgIpc) is 2.92. The van der Waals surface area contributed by atoms with Gasteiger partial charge in [-0.15, -0.1) is 0 Å². The third-order valence-electron chi connectivity index (χ3n) is 3.80. The highest BCUT2D eigenvalue weighted by atomic mass is 35.5. The van der Waals surface area contributed by atoms with Crippen LogP contribution in [0.3, 0.4) is 0 Å². The Labute approximate surface area is 127 Å². The molecule has 1 amide bonds. The quantitative estimate of drug-likeness (QED) is 0.915. The van der Waals surface area contributed by atoms with Gasteiger partial charge in [-0.3, -0.25) is 9.89 Å². The highest BCUT2D eigenvalue weighted by Gasteiger charge is 2.22. The Morgan fingerprint density at radius 1 is 1.48 bits per heavy atom. The number of carbonyl (C=O) groups is 1. The third kappa shape index (κ3) is 2.88. The predicted molar refractivity (Wildman–Crippen MR) is 79.9 cm³/mol. The molecule has 6 heteroatoms. The Hall–Kier alpha value is -2.01. The number of nitrogens with one attached hydrogen (secondary N) is 2. The number of rotatable bonds is 3. The molecule has 1 aromatic heterocycles. The largest absolute Gasteiger partial charge is 0.497 e. The summed E-state index contributed by atoms with van der Waals surface area (Å²) in [6.07, 6.45) is 4.08. The van der Waals surface area contributed by atoms with Gasteiger partial charge in [-0.1, -0.05) is 17.7 Å². The summed E-state index contributed by atoms with van der Waals surface area (Å²) in [4.78, 5) is 12.1. The Balaban J connectivity index is 1.71. The molecule has 3 rings (SSSR count). The number of aromatic nitrogens is 2. The van der Waals surface area contributed by atoms with E-state index in [2.05, 4.69) is 21.6 Å². The minimum absolute atomic E-state index is 0.0940. The Kier molecular flexibility index (Phi) is 3.84. The fraction of sp³-hybridized carbons (Fsp3) is 0.333. The zero-order valence-corrected chi connectivity index (χ0v) is 12.4. The van der Waals surface area contributed by atoms with Crippen molar-refractivity contribution in [2.75, 3.05) is 7.11 Å². The summed E-state index contributed by atoms with van der Waals surface area (Å²) in [6.45, 7) is 0. The van der Waals surface area contributed by atoms with Crippen molar-refractivity contribution < 1.29 is 9.53 Å². The number of hydrogen-bond acceptors (Lipinski definition) is 3. The number of fused-ring (bicyclic) bond motifs is 1. The summed E-state index contributed by atoms with van der Waals surface area (Å²) in [5.74, 6) is 0.631. The summed E-state index contributed by atoms with van der Waals surface area (Å²) < 4.78 is 5.25. The summed E-state index contributed by atoms with van der Waals surface area (Å²) in [6, 6.07) is 6.20. The van der Waals surface area contributed by atoms with E-state index in [-0.39, 0.29) is 11.9 Å². The number of halogens is 1. The third-order valence-corrected chi connectivity index (χ3v) is 4.08. The Morgan fingerprint density at radius 2 is 2.33 bits per heavy atom. The summed E-state index contributed by atoms with van der Waals surface area (Å²) in [5.41, 5.74) is 2.86. The smallest absolute Gasteiger partial charge is 0.271 e. The molecule has 2 N–H and O–H groups in total. The van der Waals surface area contributed by atoms with Gasteiger partial charge in [0.05, 0.1) is 18.3 Å². The van der Waals surface area contributed by atoms with Crippen LogP contribution in [0, 0.1) is 0 Å². The van der Waals surface area contributed by atoms with Crippen LogP contribution in [0.25, 0.3) is 0 Å². The molecule has 1 aliphatic carbocycles. The van der Waals surface area contributed by atoms with E-state index in [1.165, 1.54) is 17.3 Å². The number of hydrogen-bond donors (Lipinski definition) is 2. The molecule has 0 radical (unpaired) electrons. The van der Waals surface area contributed by atoms with Crippen molar-refractivity contribution in [1.29, 1.82) is 0 Å². The number of aromatic amines is 1. The second-order valence-corrected chi connectivity index (χ2v) is 5.55. The molecule has 21 heavy (non-hydrogen) atoms. The first-order chi connectivity index (χ1) is 10.2. The number of ether oxygens (including phenoxy) is 1. The number of nitrogens with zero attached hydrogens (tertiary/aromatic N) is 1. The van der Waals surface area contributed by atoms with Crippen LogP contribution in [0.4, 0.5) is 0 Å². The van der Waals surface area contributed by atoms with E-state index >= 15 is 0 Å². The molecule has 1 heterocycles. The maximum absolute atomic E-state index is 12.1. The zero-order chi connectivity index (χ0) is 14.8. The highest BCUT2D eigenvalue weighted by molar-refractivity contribution is 6.33. The summed E-state index contributed by atoms with van der Waals surface area (Å²) in [7, 11) is 1.66. The second kappa shape index (κ2) is 5.77. The molecule has 5 nitrogen and oxygen atoms in total. The molecule has 0 bridgehead atoms. The maximum atomic E-state index is 12.1. The first-order valence-corrected chi connectivity index (χ1v) is 7.20. The van der Waals surface area contributed by atoms with Crippen molar-refractivity contribution in [2.24, 2.45) is 0 Å². The van der Waals surface area contributed by atoms with Crippen LogP contribution in [-0.4, -0.2) is 29.3 Å². The van der Waals surface area contributed by atoms with Crippen molar-refractivity contribution in [2.45, 2.75) is 25.3 Å². The molecule has 1 atom stereocenters. The molecular weight excluding hydrogens is 290 g/mol. The van der Waals surface area contributed by atoms with Gasteiger partial charge in [0.15, 0.2) is 0 Å². The van der Waals surface area contributed by atoms with Gasteiger partial charge in [-0.2, -0.15) is 5.10 Å². The standard InChI is InChI=1S/C15H16ClN3O2/c1-21-12-5-3-9-2-4-11(6-10(9)7-12)18-15(20)14-13(16)8-17-19-14/h3,5,7-8,11H,2,4,6H2,1H3,(H,17,19)(H,18,20). The maximum Gasteiger partial charge on any atom is 0.271 e. The highest BCUT2D eigenvalue weighted by Crippen LogP contribution is 2.25. The lowest BCUT2D eigenvalue weighted by molar-refractivity contribution is 0.0928. The molecule has 1 aromatic carbocycles. The molecule has 1 unspecified atom stereocenters. The van der Waals surface area contributed by atoms with E-state index < -0.39 is 0 Å². The van der Waals surface area contributed by atoms with Crippen molar-refractivity contribution >= 4 is 17.5 Å². The van der Waals surface area contributed by atoms with Crippen LogP contribution < -0.4 is 10.1 Å². The minimum atomic E-state index is -0.214. The molecular formula is C15H16ClN3O2. The lowest BCUT2D eigenvalue weighted by atomic mass is 9.88. The number of methoxy groups -OCH3 is 1. The molecule has 0 saturated heterocycles. The van der Waals surface area contributed by atoms with Crippen LogP contribution >= 0.6 is 11.6 Å². The van der Waals surface area contributed by atoms with Crippen molar-refractivity contribution in [3.63, 3.8) is 0 Å². The van der Waals surface area contributed by atoms with Gasteiger partial charge in [0.1, 0.15) is 11.4 Å². The summed E-state index contributed by atoms with van der Waals surface area (Å²) >= 11 is 5.90. The fourth-order valence-corrected chi connectivity index (χ4v) is 2.85. The predicted octanol–water partition coefficient (Wildman–Crippen LogP) is 2.36. The van der Waals surface area contributed by atoms with Gasteiger partial charge < -0.3 is 10.1 Å². The van der Waals surface area contributed by atoms with Gasteiger partial charge in [0.25, 0.3) is 5.91 Å². The monoisotopic (exact) mass is 305 g/mol. The number of carbonyl (C=O) groups excluding carboxylic acids is 1.